The van der Waals surface area contributed by atoms with Crippen LogP contribution in [0.3, 0.4) is 0 Å². The van der Waals surface area contributed by atoms with Gasteiger partial charge in [-0.05, 0) is 24.6 Å². The van der Waals surface area contributed by atoms with Crippen molar-refractivity contribution in [2.24, 2.45) is 0 Å². The van der Waals surface area contributed by atoms with Gasteiger partial charge in [0.05, 0.1) is 11.3 Å². The summed E-state index contributed by atoms with van der Waals surface area (Å²) in [5.41, 5.74) is 0.716. The number of nitrogens with zero attached hydrogens (tertiary/aromatic N) is 1. The lowest BCUT2D eigenvalue weighted by Crippen LogP contribution is -2.35. The molecule has 0 aliphatic carbocycles. The van der Waals surface area contributed by atoms with Crippen LogP contribution in [-0.4, -0.2) is 17.6 Å². The number of unbranched alkanes of at least 4 members (excludes halogenated alkanes) is 6. The Morgan fingerprint density at radius 3 is 2.39 bits per heavy atom. The molecule has 0 radical (unpaired) electrons. The van der Waals surface area contributed by atoms with E-state index in [1.165, 1.54) is 25.7 Å². The van der Waals surface area contributed by atoms with E-state index in [-0.39, 0.29) is 5.91 Å². The molecule has 1 aromatic rings. The molecule has 2 rings (SSSR count). The average molecular weight is 380 g/mol. The predicted octanol–water partition coefficient (Wildman–Crippen LogP) is 4.65. The predicted molar refractivity (Wildman–Crippen MR) is 93.6 cm³/mol. The third-order valence-electron chi connectivity index (χ3n) is 4.09. The van der Waals surface area contributed by atoms with Crippen LogP contribution in [0.15, 0.2) is 22.7 Å². The molecule has 0 spiro atoms. The summed E-state index contributed by atoms with van der Waals surface area (Å²) in [6.07, 6.45) is 8.08. The lowest BCUT2D eigenvalue weighted by atomic mass is 10.1. The number of halogens is 1. The molecule has 1 aliphatic heterocycles. The summed E-state index contributed by atoms with van der Waals surface area (Å²) in [5, 5.41) is 0. The minimum Gasteiger partial charge on any atom is -0.283 e. The number of imide groups is 1. The van der Waals surface area contributed by atoms with E-state index in [0.29, 0.717) is 17.7 Å². The number of hydrogen-bond donors (Lipinski definition) is 0. The van der Waals surface area contributed by atoms with Crippen LogP contribution in [-0.2, 0) is 9.59 Å². The Kier molecular flexibility index (Phi) is 6.51. The quantitative estimate of drug-likeness (QED) is 0.488. The van der Waals surface area contributed by atoms with Crippen LogP contribution in [0, 0.1) is 0 Å². The van der Waals surface area contributed by atoms with Gasteiger partial charge in [-0.1, -0.05) is 61.4 Å². The number of carbonyl (C=O) groups is 3. The van der Waals surface area contributed by atoms with E-state index >= 15 is 0 Å². The molecule has 5 heteroatoms. The van der Waals surface area contributed by atoms with Crippen LogP contribution in [0.25, 0.3) is 0 Å². The van der Waals surface area contributed by atoms with Crippen molar-refractivity contribution in [3.63, 3.8) is 0 Å². The number of fused-ring (bicyclic) bond motifs is 1. The molecule has 0 saturated carbocycles. The Hall–Kier alpha value is -1.49. The number of benzene rings is 1. The van der Waals surface area contributed by atoms with Crippen LogP contribution in [0.5, 0.6) is 0 Å². The molecule has 0 atom stereocenters. The zero-order chi connectivity index (χ0) is 16.8. The molecule has 23 heavy (non-hydrogen) atoms. The number of rotatable bonds is 8. The summed E-state index contributed by atoms with van der Waals surface area (Å²) in [6, 6.07) is 4.97. The molecule has 0 N–H and O–H groups in total. The largest absolute Gasteiger partial charge is 0.306 e. The van der Waals surface area contributed by atoms with Gasteiger partial charge in [0.2, 0.25) is 5.91 Å². The molecule has 0 saturated heterocycles. The summed E-state index contributed by atoms with van der Waals surface area (Å²) in [5.74, 6) is -1.61. The molecular weight excluding hydrogens is 358 g/mol. The fraction of sp³-hybridized carbons (Fsp3) is 0.500. The molecule has 1 aromatic carbocycles. The van der Waals surface area contributed by atoms with Gasteiger partial charge in [0.25, 0.3) is 5.78 Å². The van der Waals surface area contributed by atoms with Gasteiger partial charge in [-0.25, -0.2) is 4.90 Å². The Morgan fingerprint density at radius 2 is 1.70 bits per heavy atom. The van der Waals surface area contributed by atoms with Crippen LogP contribution in [0.2, 0.25) is 0 Å². The van der Waals surface area contributed by atoms with E-state index in [0.717, 1.165) is 28.6 Å². The lowest BCUT2D eigenvalue weighted by molar-refractivity contribution is -0.124. The fourth-order valence-electron chi connectivity index (χ4n) is 2.80. The van der Waals surface area contributed by atoms with Gasteiger partial charge in [0.1, 0.15) is 0 Å². The first-order valence-corrected chi connectivity index (χ1v) is 9.06. The first-order chi connectivity index (χ1) is 11.1. The fourth-order valence-corrected chi connectivity index (χ4v) is 3.17. The van der Waals surface area contributed by atoms with E-state index in [1.54, 1.807) is 18.2 Å². The van der Waals surface area contributed by atoms with E-state index < -0.39 is 11.7 Å². The van der Waals surface area contributed by atoms with Gasteiger partial charge in [-0.15, -0.1) is 0 Å². The number of anilines is 1. The highest BCUT2D eigenvalue weighted by Crippen LogP contribution is 2.32. The summed E-state index contributed by atoms with van der Waals surface area (Å²) in [6.45, 7) is 2.18. The van der Waals surface area contributed by atoms with E-state index in [2.05, 4.69) is 22.9 Å². The Bertz CT molecular complexity index is 612. The average Bonchev–Trinajstić information content (AvgIpc) is 2.78. The summed E-state index contributed by atoms with van der Waals surface area (Å²) >= 11 is 3.28. The Labute approximate surface area is 145 Å². The zero-order valence-electron chi connectivity index (χ0n) is 13.4. The van der Waals surface area contributed by atoms with E-state index in [1.807, 2.05) is 0 Å². The molecule has 1 aliphatic rings. The van der Waals surface area contributed by atoms with Crippen molar-refractivity contribution in [3.8, 4) is 0 Å². The van der Waals surface area contributed by atoms with Crippen LogP contribution in [0.1, 0.15) is 68.6 Å². The highest BCUT2D eigenvalue weighted by Gasteiger charge is 2.39. The van der Waals surface area contributed by atoms with E-state index in [9.17, 15) is 14.4 Å². The standard InChI is InChI=1S/C18H22BrNO3/c1-2-3-4-5-6-7-8-9-16(21)20-15-11-10-13(19)12-14(15)17(22)18(20)23/h10-12H,2-9H2,1H3. The van der Waals surface area contributed by atoms with Gasteiger partial charge >= 0.3 is 5.91 Å². The summed E-state index contributed by atoms with van der Waals surface area (Å²) in [4.78, 5) is 37.4. The molecule has 0 fully saturated rings. The maximum Gasteiger partial charge on any atom is 0.306 e. The van der Waals surface area contributed by atoms with Gasteiger partial charge in [-0.3, -0.25) is 14.4 Å². The minimum atomic E-state index is -0.731. The Morgan fingerprint density at radius 1 is 1.04 bits per heavy atom. The first kappa shape index (κ1) is 17.9. The number of hydrogen-bond acceptors (Lipinski definition) is 3. The number of Topliss-reactive ketones (excluding diaryl/α,β-unsaturated/α-hetero) is 1. The molecule has 0 unspecified atom stereocenters. The van der Waals surface area contributed by atoms with Gasteiger partial charge in [0, 0.05) is 10.9 Å². The Balaban J connectivity index is 1.88. The maximum atomic E-state index is 12.3. The monoisotopic (exact) mass is 379 g/mol. The topological polar surface area (TPSA) is 54.5 Å². The van der Waals surface area contributed by atoms with Crippen molar-refractivity contribution in [2.75, 3.05) is 4.90 Å². The van der Waals surface area contributed by atoms with Crippen molar-refractivity contribution in [2.45, 2.75) is 58.3 Å². The normalized spacial score (nSPS) is 13.6. The minimum absolute atomic E-state index is 0.280. The van der Waals surface area contributed by atoms with Crippen molar-refractivity contribution < 1.29 is 14.4 Å². The third kappa shape index (κ3) is 4.28. The second kappa shape index (κ2) is 8.39. The van der Waals surface area contributed by atoms with Crippen LogP contribution in [0.4, 0.5) is 5.69 Å². The lowest BCUT2D eigenvalue weighted by Gasteiger charge is -2.14. The molecular formula is C18H22BrNO3. The number of amides is 2. The smallest absolute Gasteiger partial charge is 0.283 e. The zero-order valence-corrected chi connectivity index (χ0v) is 15.0. The molecule has 2 amide bonds. The van der Waals surface area contributed by atoms with Crippen LogP contribution < -0.4 is 4.90 Å². The first-order valence-electron chi connectivity index (χ1n) is 8.27. The van der Waals surface area contributed by atoms with Crippen LogP contribution >= 0.6 is 15.9 Å². The van der Waals surface area contributed by atoms with Crippen molar-refractivity contribution in [3.05, 3.63) is 28.2 Å². The molecule has 1 heterocycles. The summed E-state index contributed by atoms with van der Waals surface area (Å²) < 4.78 is 0.721. The molecule has 0 aromatic heterocycles. The van der Waals surface area contributed by atoms with E-state index in [4.69, 9.17) is 0 Å². The number of ketones is 1. The van der Waals surface area contributed by atoms with Crippen molar-refractivity contribution in [1.29, 1.82) is 0 Å². The second-order valence-corrected chi connectivity index (χ2v) is 6.81. The summed E-state index contributed by atoms with van der Waals surface area (Å²) in [7, 11) is 0. The second-order valence-electron chi connectivity index (χ2n) is 5.90. The molecule has 0 bridgehead atoms. The maximum absolute atomic E-state index is 12.3. The van der Waals surface area contributed by atoms with Gasteiger partial charge in [0.15, 0.2) is 0 Å². The molecule has 124 valence electrons. The SMILES string of the molecule is CCCCCCCCCC(=O)N1C(=O)C(=O)c2cc(Br)ccc21. The third-order valence-corrected chi connectivity index (χ3v) is 4.58. The molecule has 4 nitrogen and oxygen atoms in total. The van der Waals surface area contributed by atoms with Crippen molar-refractivity contribution >= 4 is 39.2 Å². The highest BCUT2D eigenvalue weighted by molar-refractivity contribution is 9.10. The van der Waals surface area contributed by atoms with Crippen molar-refractivity contribution in [1.82, 2.24) is 0 Å². The highest BCUT2D eigenvalue weighted by atomic mass is 79.9. The van der Waals surface area contributed by atoms with Gasteiger partial charge in [-0.2, -0.15) is 0 Å². The number of carbonyl (C=O) groups excluding carboxylic acids is 3. The van der Waals surface area contributed by atoms with Gasteiger partial charge < -0.3 is 0 Å².